The molecule has 17 unspecified atom stereocenters. The molecule has 0 spiro atoms. The van der Waals surface area contributed by atoms with Crippen molar-refractivity contribution in [3.8, 4) is 0 Å². The second-order valence-electron chi connectivity index (χ2n) is 16.2. The molecule has 2 saturated heterocycles. The van der Waals surface area contributed by atoms with Crippen molar-refractivity contribution in [2.24, 2.45) is 34.5 Å². The lowest BCUT2D eigenvalue weighted by Gasteiger charge is -2.63. The average Bonchev–Trinajstić information content (AvgIpc) is 3.64. The van der Waals surface area contributed by atoms with Crippen molar-refractivity contribution in [3.63, 3.8) is 0 Å². The fourth-order valence-corrected chi connectivity index (χ4v) is 11.6. The van der Waals surface area contributed by atoms with Gasteiger partial charge >= 0.3 is 11.9 Å². The Kier molecular flexibility index (Phi) is 9.97. The molecule has 0 aromatic rings. The molecule has 4 saturated carbocycles. The SMILES string of the molecule is COC1CC(OC2CCC3(C(=O)O)C(CCC4C3CCC3(C)C(C5=CC(=O)OC5)CCC43O)C2)OC(C)C1OC1OC(CO)C(O)C(O)C1O. The van der Waals surface area contributed by atoms with Crippen LogP contribution >= 0.6 is 0 Å². The van der Waals surface area contributed by atoms with Crippen LogP contribution in [0.2, 0.25) is 0 Å². The molecule has 3 heterocycles. The number of carbonyl (C=O) groups excluding carboxylic acids is 1. The quantitative estimate of drug-likeness (QED) is 0.154. The Morgan fingerprint density at radius 1 is 0.960 bits per heavy atom. The van der Waals surface area contributed by atoms with Gasteiger partial charge in [0.2, 0.25) is 0 Å². The molecule has 14 nitrogen and oxygen atoms in total. The van der Waals surface area contributed by atoms with E-state index in [1.54, 1.807) is 13.0 Å². The summed E-state index contributed by atoms with van der Waals surface area (Å²) in [6.45, 7) is 3.60. The van der Waals surface area contributed by atoms with E-state index in [-0.39, 0.29) is 42.4 Å². The van der Waals surface area contributed by atoms with Crippen LogP contribution in [-0.4, -0.2) is 130 Å². The van der Waals surface area contributed by atoms with Gasteiger partial charge in [-0.1, -0.05) is 6.92 Å². The van der Waals surface area contributed by atoms with E-state index < -0.39 is 84.3 Å². The molecule has 0 aromatic heterocycles. The first kappa shape index (κ1) is 36.6. The van der Waals surface area contributed by atoms with Gasteiger partial charge in [-0.15, -0.1) is 0 Å². The number of cyclic esters (lactones) is 1. The minimum atomic E-state index is -1.57. The van der Waals surface area contributed by atoms with Crippen LogP contribution in [0.3, 0.4) is 0 Å². The molecule has 6 N–H and O–H groups in total. The molecule has 0 aromatic carbocycles. The molecule has 3 aliphatic heterocycles. The zero-order valence-electron chi connectivity index (χ0n) is 29.1. The molecule has 7 rings (SSSR count). The molecule has 50 heavy (non-hydrogen) atoms. The first-order valence-corrected chi connectivity index (χ1v) is 18.4. The lowest BCUT2D eigenvalue weighted by atomic mass is 9.42. The van der Waals surface area contributed by atoms with Crippen LogP contribution in [0.15, 0.2) is 11.6 Å². The molecule has 14 heteroatoms. The largest absolute Gasteiger partial charge is 0.481 e. The number of carbonyl (C=O) groups is 2. The zero-order chi connectivity index (χ0) is 35.7. The highest BCUT2D eigenvalue weighted by atomic mass is 16.7. The minimum absolute atomic E-state index is 0.0403. The van der Waals surface area contributed by atoms with Crippen molar-refractivity contribution in [1.29, 1.82) is 0 Å². The molecular weight excluding hydrogens is 656 g/mol. The van der Waals surface area contributed by atoms with Gasteiger partial charge in [-0.05, 0) is 94.0 Å². The lowest BCUT2D eigenvalue weighted by molar-refractivity contribution is -0.345. The number of esters is 1. The molecule has 282 valence electrons. The van der Waals surface area contributed by atoms with Gasteiger partial charge in [0.25, 0.3) is 0 Å². The predicted octanol–water partition coefficient (Wildman–Crippen LogP) is 1.03. The molecule has 6 fully saturated rings. The maximum atomic E-state index is 13.4. The van der Waals surface area contributed by atoms with Crippen LogP contribution in [0, 0.1) is 34.5 Å². The molecule has 4 aliphatic carbocycles. The van der Waals surface area contributed by atoms with E-state index >= 15 is 0 Å². The molecule has 7 aliphatic rings. The number of aliphatic hydroxyl groups is 5. The number of aliphatic hydroxyl groups excluding tert-OH is 4. The van der Waals surface area contributed by atoms with Gasteiger partial charge in [-0.3, -0.25) is 4.79 Å². The van der Waals surface area contributed by atoms with E-state index in [1.165, 1.54) is 7.11 Å². The highest BCUT2D eigenvalue weighted by Gasteiger charge is 2.70. The Balaban J connectivity index is 1.01. The Hall–Kier alpha value is -1.72. The topological polar surface area (TPSA) is 211 Å². The fraction of sp³-hybridized carbons (Fsp3) is 0.889. The second-order valence-corrected chi connectivity index (χ2v) is 16.2. The highest BCUT2D eigenvalue weighted by molar-refractivity contribution is 5.85. The smallest absolute Gasteiger partial charge is 0.331 e. The van der Waals surface area contributed by atoms with Crippen LogP contribution in [0.5, 0.6) is 0 Å². The summed E-state index contributed by atoms with van der Waals surface area (Å²) >= 11 is 0. The Labute approximate surface area is 292 Å². The summed E-state index contributed by atoms with van der Waals surface area (Å²) < 4.78 is 35.3. The van der Waals surface area contributed by atoms with Crippen molar-refractivity contribution >= 4 is 11.9 Å². The van der Waals surface area contributed by atoms with Crippen molar-refractivity contribution < 1.29 is 68.6 Å². The van der Waals surface area contributed by atoms with Crippen LogP contribution < -0.4 is 0 Å². The summed E-state index contributed by atoms with van der Waals surface area (Å²) in [6.07, 6.45) is -2.21. The van der Waals surface area contributed by atoms with Gasteiger partial charge in [0.1, 0.15) is 37.1 Å². The van der Waals surface area contributed by atoms with Crippen LogP contribution in [0.4, 0.5) is 0 Å². The van der Waals surface area contributed by atoms with E-state index in [9.17, 15) is 40.2 Å². The predicted molar refractivity (Wildman–Crippen MR) is 171 cm³/mol. The standard InChI is InChI=1S/C36H54O14/c1-17-31(50-32-30(41)29(40)28(39)25(15-37)49-32)24(45-3)14-27(47-17)48-20-6-10-35(33(42)43)19(13-20)4-5-23-22(35)7-9-34(2)21(8-11-36(23,34)44)18-12-26(38)46-16-18/h12,17,19-25,27-32,37,39-41,44H,4-11,13-16H2,1-3H3,(H,42,43). The van der Waals surface area contributed by atoms with Gasteiger partial charge in [0.05, 0.1) is 35.9 Å². The van der Waals surface area contributed by atoms with Gasteiger partial charge in [-0.25, -0.2) is 4.79 Å². The number of aliphatic carboxylic acids is 1. The van der Waals surface area contributed by atoms with Gasteiger partial charge < -0.3 is 59.1 Å². The highest BCUT2D eigenvalue weighted by Crippen LogP contribution is 2.70. The molecule has 0 radical (unpaired) electrons. The fourth-order valence-electron chi connectivity index (χ4n) is 11.6. The van der Waals surface area contributed by atoms with Crippen molar-refractivity contribution in [1.82, 2.24) is 0 Å². The number of rotatable bonds is 8. The van der Waals surface area contributed by atoms with E-state index in [2.05, 4.69) is 6.92 Å². The number of ether oxygens (including phenoxy) is 6. The molecule has 0 bridgehead atoms. The third kappa shape index (κ3) is 5.68. The lowest BCUT2D eigenvalue weighted by Crippen LogP contribution is -2.64. The maximum absolute atomic E-state index is 13.4. The van der Waals surface area contributed by atoms with Crippen molar-refractivity contribution in [3.05, 3.63) is 11.6 Å². The number of fused-ring (bicyclic) bond motifs is 5. The summed E-state index contributed by atoms with van der Waals surface area (Å²) in [7, 11) is 1.53. The molecular formula is C36H54O14. The first-order valence-electron chi connectivity index (χ1n) is 18.4. The maximum Gasteiger partial charge on any atom is 0.331 e. The summed E-state index contributed by atoms with van der Waals surface area (Å²) in [5.74, 6) is -1.49. The Bertz CT molecular complexity index is 1320. The van der Waals surface area contributed by atoms with E-state index in [0.29, 0.717) is 51.4 Å². The van der Waals surface area contributed by atoms with Gasteiger partial charge in [0.15, 0.2) is 12.6 Å². The third-order valence-electron chi connectivity index (χ3n) is 14.2. The third-order valence-corrected chi connectivity index (χ3v) is 14.2. The number of hydrogen-bond donors (Lipinski definition) is 6. The van der Waals surface area contributed by atoms with Crippen molar-refractivity contribution in [2.75, 3.05) is 20.3 Å². The number of carboxylic acids is 1. The van der Waals surface area contributed by atoms with Gasteiger partial charge in [0, 0.05) is 25.0 Å². The van der Waals surface area contributed by atoms with Crippen molar-refractivity contribution in [2.45, 2.75) is 145 Å². The molecule has 17 atom stereocenters. The van der Waals surface area contributed by atoms with Crippen LogP contribution in [0.25, 0.3) is 0 Å². The normalized spacial score (nSPS) is 52.0. The van der Waals surface area contributed by atoms with E-state index in [4.69, 9.17) is 28.4 Å². The Morgan fingerprint density at radius 3 is 2.42 bits per heavy atom. The minimum Gasteiger partial charge on any atom is -0.481 e. The summed E-state index contributed by atoms with van der Waals surface area (Å²) in [5.41, 5.74) is -1.46. The summed E-state index contributed by atoms with van der Waals surface area (Å²) in [5, 5.41) is 63.9. The zero-order valence-corrected chi connectivity index (χ0v) is 29.1. The van der Waals surface area contributed by atoms with Crippen LogP contribution in [0.1, 0.15) is 78.1 Å². The monoisotopic (exact) mass is 710 g/mol. The second kappa shape index (κ2) is 13.6. The summed E-state index contributed by atoms with van der Waals surface area (Å²) in [4.78, 5) is 25.3. The Morgan fingerprint density at radius 2 is 1.74 bits per heavy atom. The van der Waals surface area contributed by atoms with E-state index in [1.807, 2.05) is 0 Å². The number of hydrogen-bond acceptors (Lipinski definition) is 13. The molecule has 0 amide bonds. The van der Waals surface area contributed by atoms with E-state index in [0.717, 1.165) is 18.4 Å². The number of methoxy groups -OCH3 is 1. The first-order chi connectivity index (χ1) is 23.8. The number of carboxylic acid groups (broad SMARTS) is 1. The van der Waals surface area contributed by atoms with Gasteiger partial charge in [-0.2, -0.15) is 0 Å². The average molecular weight is 711 g/mol. The summed E-state index contributed by atoms with van der Waals surface area (Å²) in [6, 6.07) is 0. The van der Waals surface area contributed by atoms with Crippen LogP contribution in [-0.2, 0) is 38.0 Å².